The molecule has 0 amide bonds. The molecule has 1 aromatic rings. The second-order valence-electron chi connectivity index (χ2n) is 4.15. The Bertz CT molecular complexity index is 393. The van der Waals surface area contributed by atoms with Crippen molar-refractivity contribution in [2.75, 3.05) is 20.2 Å². The van der Waals surface area contributed by atoms with Gasteiger partial charge in [-0.15, -0.1) is 0 Å². The summed E-state index contributed by atoms with van der Waals surface area (Å²) >= 11 is 0. The van der Waals surface area contributed by atoms with E-state index in [1.807, 2.05) is 7.05 Å². The summed E-state index contributed by atoms with van der Waals surface area (Å²) in [7, 11) is 1.85. The Hall–Kier alpha value is -1.30. The third kappa shape index (κ3) is 5.46. The lowest BCUT2D eigenvalue weighted by Gasteiger charge is -2.11. The lowest BCUT2D eigenvalue weighted by molar-refractivity contribution is -0.140. The van der Waals surface area contributed by atoms with Crippen LogP contribution in [0.1, 0.15) is 24.8 Å². The highest BCUT2D eigenvalue weighted by Gasteiger charge is 2.34. The van der Waals surface area contributed by atoms with Gasteiger partial charge in [0, 0.05) is 0 Å². The highest BCUT2D eigenvalue weighted by molar-refractivity contribution is 5.31. The third-order valence-electron chi connectivity index (χ3n) is 2.58. The van der Waals surface area contributed by atoms with Crippen LogP contribution in [0.3, 0.4) is 0 Å². The molecule has 0 atom stereocenters. The number of rotatable bonds is 7. The van der Waals surface area contributed by atoms with Crippen molar-refractivity contribution in [3.8, 4) is 5.75 Å². The van der Waals surface area contributed by atoms with Crippen molar-refractivity contribution in [1.82, 2.24) is 5.32 Å². The van der Waals surface area contributed by atoms with Gasteiger partial charge in [-0.1, -0.05) is 0 Å². The lowest BCUT2D eigenvalue weighted by atomic mass is 10.2. The minimum Gasteiger partial charge on any atom is -0.494 e. The average molecular weight is 279 g/mol. The van der Waals surface area contributed by atoms with Gasteiger partial charge in [0.05, 0.1) is 12.2 Å². The Morgan fingerprint density at radius 1 is 1.16 bits per heavy atom. The van der Waals surface area contributed by atoms with Crippen LogP contribution >= 0.6 is 0 Å². The van der Waals surface area contributed by atoms with E-state index >= 15 is 0 Å². The van der Waals surface area contributed by atoms with Crippen LogP contribution in [0.2, 0.25) is 0 Å². The molecule has 1 N–H and O–H groups in total. The molecule has 0 aliphatic carbocycles. The van der Waals surface area contributed by atoms with E-state index in [1.165, 1.54) is 6.07 Å². The van der Waals surface area contributed by atoms with E-state index in [-0.39, 0.29) is 5.75 Å². The third-order valence-corrected chi connectivity index (χ3v) is 2.58. The first-order valence-electron chi connectivity index (χ1n) is 6.09. The van der Waals surface area contributed by atoms with Crippen molar-refractivity contribution in [3.05, 3.63) is 29.6 Å². The van der Waals surface area contributed by atoms with E-state index < -0.39 is 17.6 Å². The number of hydrogen-bond acceptors (Lipinski definition) is 2. The smallest absolute Gasteiger partial charge is 0.419 e. The molecule has 0 aromatic heterocycles. The summed E-state index contributed by atoms with van der Waals surface area (Å²) in [6.45, 7) is 1.22. The highest BCUT2D eigenvalue weighted by atomic mass is 19.4. The fourth-order valence-corrected chi connectivity index (χ4v) is 1.58. The van der Waals surface area contributed by atoms with E-state index in [9.17, 15) is 17.6 Å². The zero-order valence-corrected chi connectivity index (χ0v) is 10.7. The molecule has 0 saturated carbocycles. The van der Waals surface area contributed by atoms with Crippen molar-refractivity contribution < 1.29 is 22.3 Å². The van der Waals surface area contributed by atoms with Crippen molar-refractivity contribution >= 4 is 0 Å². The molecule has 0 aliphatic rings. The maximum absolute atomic E-state index is 13.0. The molecule has 0 fully saturated rings. The molecule has 0 saturated heterocycles. The molecular weight excluding hydrogens is 262 g/mol. The van der Waals surface area contributed by atoms with Crippen LogP contribution in [0.5, 0.6) is 5.75 Å². The number of halogens is 4. The zero-order chi connectivity index (χ0) is 14.3. The Balaban J connectivity index is 2.47. The average Bonchev–Trinajstić information content (AvgIpc) is 2.34. The first-order chi connectivity index (χ1) is 8.95. The SMILES string of the molecule is CNCCCCCOc1ccc(F)c(C(F)(F)F)c1. The lowest BCUT2D eigenvalue weighted by Crippen LogP contribution is -2.09. The minimum absolute atomic E-state index is 0.0438. The predicted molar refractivity (Wildman–Crippen MR) is 64.7 cm³/mol. The Morgan fingerprint density at radius 3 is 2.53 bits per heavy atom. The standard InChI is InChI=1S/C13H17F4NO/c1-18-7-3-2-4-8-19-10-5-6-12(14)11(9-10)13(15,16)17/h5-6,9,18H,2-4,7-8H2,1H3. The van der Waals surface area contributed by atoms with Gasteiger partial charge in [-0.3, -0.25) is 0 Å². The van der Waals surface area contributed by atoms with Crippen LogP contribution in [-0.2, 0) is 6.18 Å². The van der Waals surface area contributed by atoms with E-state index in [2.05, 4.69) is 5.32 Å². The molecule has 0 radical (unpaired) electrons. The topological polar surface area (TPSA) is 21.3 Å². The molecule has 1 aromatic carbocycles. The van der Waals surface area contributed by atoms with E-state index in [0.29, 0.717) is 12.7 Å². The molecule has 0 aliphatic heterocycles. The van der Waals surface area contributed by atoms with E-state index in [1.54, 1.807) is 0 Å². The van der Waals surface area contributed by atoms with Gasteiger partial charge >= 0.3 is 6.18 Å². The van der Waals surface area contributed by atoms with Gasteiger partial charge in [-0.25, -0.2) is 4.39 Å². The summed E-state index contributed by atoms with van der Waals surface area (Å²) in [4.78, 5) is 0. The van der Waals surface area contributed by atoms with Crippen LogP contribution in [0, 0.1) is 5.82 Å². The van der Waals surface area contributed by atoms with Crippen LogP contribution in [-0.4, -0.2) is 20.2 Å². The van der Waals surface area contributed by atoms with Crippen LogP contribution in [0.15, 0.2) is 18.2 Å². The fraction of sp³-hybridized carbons (Fsp3) is 0.538. The number of benzene rings is 1. The Labute approximate surface area is 109 Å². The Morgan fingerprint density at radius 2 is 1.89 bits per heavy atom. The molecule has 0 heterocycles. The monoisotopic (exact) mass is 279 g/mol. The maximum Gasteiger partial charge on any atom is 0.419 e. The molecule has 108 valence electrons. The quantitative estimate of drug-likeness (QED) is 0.608. The molecule has 1 rings (SSSR count). The molecular formula is C13H17F4NO. The van der Waals surface area contributed by atoms with Gasteiger partial charge in [-0.2, -0.15) is 13.2 Å². The molecule has 0 unspecified atom stereocenters. The minimum atomic E-state index is -4.70. The predicted octanol–water partition coefficient (Wildman–Crippen LogP) is 3.61. The summed E-state index contributed by atoms with van der Waals surface area (Å²) in [5.74, 6) is -1.24. The van der Waals surface area contributed by atoms with Gasteiger partial charge in [-0.05, 0) is 51.1 Å². The molecule has 6 heteroatoms. The normalized spacial score (nSPS) is 11.6. The number of nitrogens with one attached hydrogen (secondary N) is 1. The largest absolute Gasteiger partial charge is 0.494 e. The van der Waals surface area contributed by atoms with Gasteiger partial charge in [0.2, 0.25) is 0 Å². The van der Waals surface area contributed by atoms with Crippen molar-refractivity contribution in [2.24, 2.45) is 0 Å². The van der Waals surface area contributed by atoms with Gasteiger partial charge in [0.25, 0.3) is 0 Å². The summed E-state index contributed by atoms with van der Waals surface area (Å²) in [6, 6.07) is 2.68. The first-order valence-corrected chi connectivity index (χ1v) is 6.09. The summed E-state index contributed by atoms with van der Waals surface area (Å²) in [6.07, 6.45) is -2.04. The van der Waals surface area contributed by atoms with Gasteiger partial charge < -0.3 is 10.1 Å². The van der Waals surface area contributed by atoms with Crippen LogP contribution < -0.4 is 10.1 Å². The number of ether oxygens (including phenoxy) is 1. The van der Waals surface area contributed by atoms with E-state index in [4.69, 9.17) is 4.74 Å². The summed E-state index contributed by atoms with van der Waals surface area (Å²) < 4.78 is 55.6. The molecule has 0 bridgehead atoms. The highest BCUT2D eigenvalue weighted by Crippen LogP contribution is 2.33. The van der Waals surface area contributed by atoms with Crippen molar-refractivity contribution in [1.29, 1.82) is 0 Å². The second kappa shape index (κ2) is 7.33. The van der Waals surface area contributed by atoms with Crippen molar-refractivity contribution in [3.63, 3.8) is 0 Å². The second-order valence-corrected chi connectivity index (χ2v) is 4.15. The zero-order valence-electron chi connectivity index (χ0n) is 10.7. The summed E-state index contributed by atoms with van der Waals surface area (Å²) in [5.41, 5.74) is -1.29. The van der Waals surface area contributed by atoms with Crippen molar-refractivity contribution in [2.45, 2.75) is 25.4 Å². The van der Waals surface area contributed by atoms with Gasteiger partial charge in [0.15, 0.2) is 0 Å². The first kappa shape index (κ1) is 15.8. The number of hydrogen-bond donors (Lipinski definition) is 1. The number of unbranched alkanes of at least 4 members (excludes halogenated alkanes) is 2. The maximum atomic E-state index is 13.0. The van der Waals surface area contributed by atoms with E-state index in [0.717, 1.165) is 31.9 Å². The molecule has 2 nitrogen and oxygen atoms in total. The number of alkyl halides is 3. The fourth-order valence-electron chi connectivity index (χ4n) is 1.58. The summed E-state index contributed by atoms with van der Waals surface area (Å²) in [5, 5.41) is 3.00. The molecule has 0 spiro atoms. The van der Waals surface area contributed by atoms with Crippen LogP contribution in [0.25, 0.3) is 0 Å². The molecule has 19 heavy (non-hydrogen) atoms. The Kier molecular flexibility index (Phi) is 6.08. The van der Waals surface area contributed by atoms with Crippen LogP contribution in [0.4, 0.5) is 17.6 Å². The van der Waals surface area contributed by atoms with Gasteiger partial charge in [0.1, 0.15) is 11.6 Å².